The van der Waals surface area contributed by atoms with E-state index in [1.54, 1.807) is 23.1 Å². The maximum absolute atomic E-state index is 12.6. The largest absolute Gasteiger partial charge is 0.390 e. The number of nitrogens with one attached hydrogen (secondary N) is 2. The molecule has 0 bridgehead atoms. The molecule has 2 aromatic rings. The number of amides is 1. The number of aromatic amines is 2. The first-order valence-electron chi connectivity index (χ1n) is 7.70. The van der Waals surface area contributed by atoms with Crippen molar-refractivity contribution in [3.8, 4) is 0 Å². The molecule has 0 aliphatic carbocycles. The van der Waals surface area contributed by atoms with Gasteiger partial charge in [0.2, 0.25) is 0 Å². The maximum atomic E-state index is 12.6. The number of nitrogens with zero attached hydrogens (tertiary/aromatic N) is 1. The van der Waals surface area contributed by atoms with Crippen molar-refractivity contribution in [1.29, 1.82) is 0 Å². The van der Waals surface area contributed by atoms with Crippen LogP contribution in [0.25, 0.3) is 10.9 Å². The van der Waals surface area contributed by atoms with Gasteiger partial charge < -0.3 is 15.0 Å². The molecule has 1 amide bonds. The van der Waals surface area contributed by atoms with Crippen LogP contribution in [0.3, 0.4) is 0 Å². The molecule has 3 N–H and O–H groups in total. The lowest BCUT2D eigenvalue weighted by molar-refractivity contribution is -0.0193. The Morgan fingerprint density at radius 3 is 2.70 bits per heavy atom. The fourth-order valence-corrected chi connectivity index (χ4v) is 3.17. The number of piperidine rings is 1. The second kappa shape index (κ2) is 5.90. The lowest BCUT2D eigenvalue weighted by Gasteiger charge is -2.37. The lowest BCUT2D eigenvalue weighted by atomic mass is 9.89. The van der Waals surface area contributed by atoms with E-state index in [9.17, 15) is 14.7 Å². The minimum absolute atomic E-state index is 0.0929. The number of fused-ring (bicyclic) bond motifs is 1. The van der Waals surface area contributed by atoms with Gasteiger partial charge in [-0.3, -0.25) is 14.6 Å². The average molecular weight is 333 g/mol. The Morgan fingerprint density at radius 2 is 2.04 bits per heavy atom. The Labute approximate surface area is 138 Å². The van der Waals surface area contributed by atoms with E-state index in [2.05, 4.69) is 9.97 Å². The molecule has 7 heteroatoms. The fourth-order valence-electron chi connectivity index (χ4n) is 2.96. The molecule has 1 aromatic heterocycles. The SMILES string of the molecule is CCC1(O)CCN(C(=O)c2ccc3c(=O)[nH]c(=S)[nH]c3c2)CC1. The Hall–Kier alpha value is -1.99. The van der Waals surface area contributed by atoms with E-state index in [0.717, 1.165) is 0 Å². The minimum Gasteiger partial charge on any atom is -0.390 e. The van der Waals surface area contributed by atoms with Crippen LogP contribution in [0.5, 0.6) is 0 Å². The van der Waals surface area contributed by atoms with Crippen LogP contribution in [-0.4, -0.2) is 44.6 Å². The average Bonchev–Trinajstić information content (AvgIpc) is 2.54. The normalized spacial score (nSPS) is 17.4. The second-order valence-electron chi connectivity index (χ2n) is 6.04. The van der Waals surface area contributed by atoms with Gasteiger partial charge in [0.05, 0.1) is 16.5 Å². The summed E-state index contributed by atoms with van der Waals surface area (Å²) < 4.78 is 0.234. The van der Waals surface area contributed by atoms with Crippen molar-refractivity contribution < 1.29 is 9.90 Å². The van der Waals surface area contributed by atoms with Crippen molar-refractivity contribution in [3.05, 3.63) is 38.9 Å². The summed E-state index contributed by atoms with van der Waals surface area (Å²) in [6.45, 7) is 3.03. The van der Waals surface area contributed by atoms with Crippen LogP contribution < -0.4 is 5.56 Å². The molecule has 1 aliphatic rings. The monoisotopic (exact) mass is 333 g/mol. The molecule has 0 spiro atoms. The molecular formula is C16H19N3O3S. The quantitative estimate of drug-likeness (QED) is 0.733. The topological polar surface area (TPSA) is 89.2 Å². The van der Waals surface area contributed by atoms with Gasteiger partial charge in [-0.05, 0) is 49.7 Å². The summed E-state index contributed by atoms with van der Waals surface area (Å²) in [4.78, 5) is 31.6. The second-order valence-corrected chi connectivity index (χ2v) is 6.45. The number of benzene rings is 1. The molecule has 1 aliphatic heterocycles. The highest BCUT2D eigenvalue weighted by molar-refractivity contribution is 7.71. The molecular weight excluding hydrogens is 314 g/mol. The molecule has 1 saturated heterocycles. The Balaban J connectivity index is 1.87. The van der Waals surface area contributed by atoms with Crippen molar-refractivity contribution in [1.82, 2.24) is 14.9 Å². The first kappa shape index (κ1) is 15.9. The van der Waals surface area contributed by atoms with Crippen LogP contribution in [0.1, 0.15) is 36.5 Å². The molecule has 6 nitrogen and oxygen atoms in total. The smallest absolute Gasteiger partial charge is 0.259 e. The zero-order chi connectivity index (χ0) is 16.6. The van der Waals surface area contributed by atoms with E-state index in [1.807, 2.05) is 6.92 Å². The molecule has 0 saturated carbocycles. The molecule has 23 heavy (non-hydrogen) atoms. The molecule has 1 aromatic carbocycles. The Kier molecular flexibility index (Phi) is 4.08. The number of rotatable bonds is 2. The summed E-state index contributed by atoms with van der Waals surface area (Å²) in [6.07, 6.45) is 1.88. The van der Waals surface area contributed by atoms with Crippen LogP contribution >= 0.6 is 12.2 Å². The van der Waals surface area contributed by atoms with Gasteiger partial charge in [-0.1, -0.05) is 6.92 Å². The predicted octanol–water partition coefficient (Wildman–Crippen LogP) is 1.96. The number of carbonyl (C=O) groups excluding carboxylic acids is 1. The van der Waals surface area contributed by atoms with E-state index in [1.165, 1.54) is 0 Å². The van der Waals surface area contributed by atoms with Gasteiger partial charge in [0.1, 0.15) is 0 Å². The van der Waals surface area contributed by atoms with Gasteiger partial charge in [0.25, 0.3) is 11.5 Å². The van der Waals surface area contributed by atoms with Crippen molar-refractivity contribution in [2.24, 2.45) is 0 Å². The lowest BCUT2D eigenvalue weighted by Crippen LogP contribution is -2.46. The summed E-state index contributed by atoms with van der Waals surface area (Å²) in [7, 11) is 0. The van der Waals surface area contributed by atoms with E-state index < -0.39 is 5.60 Å². The van der Waals surface area contributed by atoms with Crippen LogP contribution in [0.4, 0.5) is 0 Å². The molecule has 0 radical (unpaired) electrons. The summed E-state index contributed by atoms with van der Waals surface area (Å²) in [6, 6.07) is 4.93. The molecule has 2 heterocycles. The van der Waals surface area contributed by atoms with Crippen LogP contribution in [0, 0.1) is 4.77 Å². The highest BCUT2D eigenvalue weighted by atomic mass is 32.1. The van der Waals surface area contributed by atoms with Crippen LogP contribution in [-0.2, 0) is 0 Å². The predicted molar refractivity (Wildman–Crippen MR) is 90.1 cm³/mol. The van der Waals surface area contributed by atoms with E-state index in [-0.39, 0.29) is 16.2 Å². The van der Waals surface area contributed by atoms with Gasteiger partial charge in [0.15, 0.2) is 4.77 Å². The zero-order valence-corrected chi connectivity index (χ0v) is 13.7. The third-order valence-electron chi connectivity index (χ3n) is 4.63. The van der Waals surface area contributed by atoms with Crippen LogP contribution in [0.2, 0.25) is 0 Å². The summed E-state index contributed by atoms with van der Waals surface area (Å²) >= 11 is 4.97. The number of hydrogen-bond donors (Lipinski definition) is 3. The summed E-state index contributed by atoms with van der Waals surface area (Å²) in [5.41, 5.74) is 0.134. The molecule has 1 fully saturated rings. The highest BCUT2D eigenvalue weighted by Gasteiger charge is 2.32. The number of likely N-dealkylation sites (tertiary alicyclic amines) is 1. The van der Waals surface area contributed by atoms with Gasteiger partial charge in [0, 0.05) is 18.7 Å². The van der Waals surface area contributed by atoms with E-state index >= 15 is 0 Å². The fraction of sp³-hybridized carbons (Fsp3) is 0.438. The molecule has 3 rings (SSSR count). The summed E-state index contributed by atoms with van der Waals surface area (Å²) in [5.74, 6) is -0.0929. The van der Waals surface area contributed by atoms with Gasteiger partial charge in [-0.2, -0.15) is 0 Å². The summed E-state index contributed by atoms with van der Waals surface area (Å²) in [5, 5.41) is 10.7. The van der Waals surface area contributed by atoms with Crippen LogP contribution in [0.15, 0.2) is 23.0 Å². The highest BCUT2D eigenvalue weighted by Crippen LogP contribution is 2.26. The Bertz CT molecular complexity index is 863. The van der Waals surface area contributed by atoms with E-state index in [4.69, 9.17) is 12.2 Å². The molecule has 0 atom stereocenters. The first-order chi connectivity index (χ1) is 10.9. The number of aliphatic hydroxyl groups is 1. The minimum atomic E-state index is -0.654. The third-order valence-corrected chi connectivity index (χ3v) is 4.83. The standard InChI is InChI=1S/C16H19N3O3S/c1-2-16(22)5-7-19(8-6-16)14(21)10-3-4-11-12(9-10)17-15(23)18-13(11)20/h3-4,9,22H,2,5-8H2,1H3,(H2,17,18,20,23). The zero-order valence-electron chi connectivity index (χ0n) is 12.9. The van der Waals surface area contributed by atoms with Crippen molar-refractivity contribution in [3.63, 3.8) is 0 Å². The van der Waals surface area contributed by atoms with Crippen molar-refractivity contribution >= 4 is 29.0 Å². The van der Waals surface area contributed by atoms with E-state index in [0.29, 0.717) is 48.8 Å². The number of hydrogen-bond acceptors (Lipinski definition) is 4. The van der Waals surface area contributed by atoms with Crippen molar-refractivity contribution in [2.75, 3.05) is 13.1 Å². The number of aromatic nitrogens is 2. The maximum Gasteiger partial charge on any atom is 0.259 e. The Morgan fingerprint density at radius 1 is 1.35 bits per heavy atom. The van der Waals surface area contributed by atoms with Gasteiger partial charge in [-0.15, -0.1) is 0 Å². The number of H-pyrrole nitrogens is 2. The molecule has 0 unspecified atom stereocenters. The third kappa shape index (κ3) is 3.07. The first-order valence-corrected chi connectivity index (χ1v) is 8.11. The van der Waals surface area contributed by atoms with Gasteiger partial charge >= 0.3 is 0 Å². The van der Waals surface area contributed by atoms with Gasteiger partial charge in [-0.25, -0.2) is 0 Å². The number of carbonyl (C=O) groups is 1. The molecule has 122 valence electrons. The van der Waals surface area contributed by atoms with Crippen molar-refractivity contribution in [2.45, 2.75) is 31.8 Å².